The Bertz CT molecular complexity index is 289. The van der Waals surface area contributed by atoms with Gasteiger partial charge in [-0.2, -0.15) is 0 Å². The van der Waals surface area contributed by atoms with E-state index in [4.69, 9.17) is 4.74 Å². The lowest BCUT2D eigenvalue weighted by atomic mass is 9.75. The van der Waals surface area contributed by atoms with E-state index in [1.165, 1.54) is 38.5 Å². The maximum atomic E-state index is 10.3. The number of aliphatic hydroxyl groups is 1. The van der Waals surface area contributed by atoms with Gasteiger partial charge in [-0.3, -0.25) is 0 Å². The van der Waals surface area contributed by atoms with Crippen molar-refractivity contribution in [1.29, 1.82) is 0 Å². The second-order valence-electron chi connectivity index (χ2n) is 7.71. The van der Waals surface area contributed by atoms with E-state index < -0.39 is 0 Å². The highest BCUT2D eigenvalue weighted by Crippen LogP contribution is 2.35. The van der Waals surface area contributed by atoms with E-state index in [9.17, 15) is 5.11 Å². The van der Waals surface area contributed by atoms with Crippen LogP contribution in [-0.4, -0.2) is 48.5 Å². The summed E-state index contributed by atoms with van der Waals surface area (Å²) >= 11 is 0. The molecule has 1 aliphatic heterocycles. The van der Waals surface area contributed by atoms with Gasteiger partial charge in [0.15, 0.2) is 0 Å². The van der Waals surface area contributed by atoms with E-state index in [1.807, 2.05) is 0 Å². The molecular formula is C18H35NO2. The fourth-order valence-electron chi connectivity index (χ4n) is 4.03. The van der Waals surface area contributed by atoms with Gasteiger partial charge in [-0.15, -0.1) is 0 Å². The Hall–Kier alpha value is -0.120. The fourth-order valence-corrected chi connectivity index (χ4v) is 4.03. The highest BCUT2D eigenvalue weighted by molar-refractivity contribution is 4.82. The molecule has 0 amide bonds. The number of hydrogen-bond donors (Lipinski definition) is 1. The molecule has 0 radical (unpaired) electrons. The van der Waals surface area contributed by atoms with Crippen molar-refractivity contribution in [2.24, 2.45) is 17.8 Å². The molecule has 2 fully saturated rings. The lowest BCUT2D eigenvalue weighted by Gasteiger charge is -2.38. The molecule has 124 valence electrons. The molecule has 1 heterocycles. The number of rotatable bonds is 6. The molecular weight excluding hydrogens is 262 g/mol. The smallest absolute Gasteiger partial charge is 0.0900 e. The predicted molar refractivity (Wildman–Crippen MR) is 87.4 cm³/mol. The predicted octanol–water partition coefficient (Wildman–Crippen LogP) is 3.31. The van der Waals surface area contributed by atoms with Gasteiger partial charge in [0.25, 0.3) is 0 Å². The van der Waals surface area contributed by atoms with E-state index in [0.29, 0.717) is 24.5 Å². The van der Waals surface area contributed by atoms with Gasteiger partial charge in [0, 0.05) is 6.54 Å². The molecule has 3 nitrogen and oxygen atoms in total. The van der Waals surface area contributed by atoms with Crippen LogP contribution in [0.4, 0.5) is 0 Å². The summed E-state index contributed by atoms with van der Waals surface area (Å²) in [5.41, 5.74) is 0. The van der Waals surface area contributed by atoms with Crippen molar-refractivity contribution < 1.29 is 9.84 Å². The van der Waals surface area contributed by atoms with Crippen molar-refractivity contribution in [3.63, 3.8) is 0 Å². The first kappa shape index (κ1) is 17.2. The van der Waals surface area contributed by atoms with Crippen LogP contribution in [0.3, 0.4) is 0 Å². The van der Waals surface area contributed by atoms with Crippen molar-refractivity contribution in [2.45, 2.75) is 71.5 Å². The molecule has 3 heteroatoms. The molecule has 1 saturated carbocycles. The van der Waals surface area contributed by atoms with Gasteiger partial charge in [-0.05, 0) is 56.5 Å². The highest BCUT2D eigenvalue weighted by atomic mass is 16.5. The Morgan fingerprint density at radius 2 is 1.86 bits per heavy atom. The maximum Gasteiger partial charge on any atom is 0.0900 e. The van der Waals surface area contributed by atoms with Crippen LogP contribution in [0.25, 0.3) is 0 Å². The number of hydrogen-bond acceptors (Lipinski definition) is 3. The van der Waals surface area contributed by atoms with E-state index in [-0.39, 0.29) is 6.10 Å². The molecule has 2 rings (SSSR count). The minimum atomic E-state index is -0.326. The average molecular weight is 297 g/mol. The minimum absolute atomic E-state index is 0.326. The van der Waals surface area contributed by atoms with Crippen LogP contribution in [0, 0.1) is 17.8 Å². The van der Waals surface area contributed by atoms with Crippen molar-refractivity contribution in [1.82, 2.24) is 4.90 Å². The molecule has 0 bridgehead atoms. The number of nitrogens with zero attached hydrogens (tertiary/aromatic N) is 1. The zero-order chi connectivity index (χ0) is 15.2. The van der Waals surface area contributed by atoms with Gasteiger partial charge in [0.05, 0.1) is 18.8 Å². The van der Waals surface area contributed by atoms with Gasteiger partial charge < -0.3 is 14.7 Å². The Kier molecular flexibility index (Phi) is 6.97. The highest BCUT2D eigenvalue weighted by Gasteiger charge is 2.31. The summed E-state index contributed by atoms with van der Waals surface area (Å²) in [4.78, 5) is 2.39. The number of piperidine rings is 1. The molecule has 0 spiro atoms. The van der Waals surface area contributed by atoms with E-state index in [0.717, 1.165) is 25.6 Å². The fraction of sp³-hybridized carbons (Fsp3) is 1.00. The second-order valence-corrected chi connectivity index (χ2v) is 7.71. The van der Waals surface area contributed by atoms with Crippen LogP contribution in [0.5, 0.6) is 0 Å². The van der Waals surface area contributed by atoms with Crippen molar-refractivity contribution in [3.8, 4) is 0 Å². The first-order valence-electron chi connectivity index (χ1n) is 9.08. The normalized spacial score (nSPS) is 33.3. The summed E-state index contributed by atoms with van der Waals surface area (Å²) in [6.45, 7) is 10.5. The van der Waals surface area contributed by atoms with Crippen molar-refractivity contribution in [3.05, 3.63) is 0 Å². The summed E-state index contributed by atoms with van der Waals surface area (Å²) in [5, 5.41) is 10.3. The zero-order valence-electron chi connectivity index (χ0n) is 14.3. The van der Waals surface area contributed by atoms with E-state index in [2.05, 4.69) is 25.7 Å². The van der Waals surface area contributed by atoms with Crippen molar-refractivity contribution in [2.75, 3.05) is 26.2 Å². The molecule has 1 saturated heterocycles. The lowest BCUT2D eigenvalue weighted by Crippen LogP contribution is -2.40. The van der Waals surface area contributed by atoms with Crippen LogP contribution < -0.4 is 0 Å². The van der Waals surface area contributed by atoms with Crippen LogP contribution in [0.2, 0.25) is 0 Å². The Morgan fingerprint density at radius 3 is 2.52 bits per heavy atom. The summed E-state index contributed by atoms with van der Waals surface area (Å²) in [6.07, 6.45) is 7.72. The van der Waals surface area contributed by atoms with Gasteiger partial charge in [-0.25, -0.2) is 0 Å². The number of β-amino-alcohol motifs (C(OH)–C–C–N with tert-alkyl or cyclic N) is 1. The van der Waals surface area contributed by atoms with Crippen LogP contribution in [0.15, 0.2) is 0 Å². The van der Waals surface area contributed by atoms with Crippen LogP contribution in [0.1, 0.15) is 59.3 Å². The first-order chi connectivity index (χ1) is 10.1. The Labute approximate surface area is 131 Å². The third-order valence-electron chi connectivity index (χ3n) is 5.38. The van der Waals surface area contributed by atoms with Gasteiger partial charge in [0.1, 0.15) is 0 Å². The van der Waals surface area contributed by atoms with E-state index in [1.54, 1.807) is 0 Å². The second kappa shape index (κ2) is 8.50. The SMILES string of the molecule is CC(C)[C@H]1CC[C@@H](C)C[C@H]1OC[C@H](O)CN1CCCCC1. The number of aliphatic hydroxyl groups excluding tert-OH is 1. The van der Waals surface area contributed by atoms with Crippen molar-refractivity contribution >= 4 is 0 Å². The number of likely N-dealkylation sites (tertiary alicyclic amines) is 1. The third-order valence-corrected chi connectivity index (χ3v) is 5.38. The molecule has 0 unspecified atom stereocenters. The summed E-state index contributed by atoms with van der Waals surface area (Å²) < 4.78 is 6.15. The molecule has 0 aromatic carbocycles. The molecule has 4 atom stereocenters. The quantitative estimate of drug-likeness (QED) is 0.816. The first-order valence-corrected chi connectivity index (χ1v) is 9.08. The topological polar surface area (TPSA) is 32.7 Å². The Morgan fingerprint density at radius 1 is 1.14 bits per heavy atom. The summed E-state index contributed by atoms with van der Waals surface area (Å²) in [7, 11) is 0. The lowest BCUT2D eigenvalue weighted by molar-refractivity contribution is -0.0744. The minimum Gasteiger partial charge on any atom is -0.389 e. The monoisotopic (exact) mass is 297 g/mol. The molecule has 1 N–H and O–H groups in total. The van der Waals surface area contributed by atoms with Gasteiger partial charge >= 0.3 is 0 Å². The van der Waals surface area contributed by atoms with Crippen LogP contribution in [-0.2, 0) is 4.74 Å². The molecule has 21 heavy (non-hydrogen) atoms. The zero-order valence-corrected chi connectivity index (χ0v) is 14.3. The molecule has 0 aromatic heterocycles. The summed E-state index contributed by atoms with van der Waals surface area (Å²) in [5.74, 6) is 2.12. The van der Waals surface area contributed by atoms with Gasteiger partial charge in [-0.1, -0.05) is 33.6 Å². The third kappa shape index (κ3) is 5.54. The maximum absolute atomic E-state index is 10.3. The van der Waals surface area contributed by atoms with E-state index >= 15 is 0 Å². The number of ether oxygens (including phenoxy) is 1. The standard InChI is InChI=1S/C18H35NO2/c1-14(2)17-8-7-15(3)11-18(17)21-13-16(20)12-19-9-5-4-6-10-19/h14-18,20H,4-13H2,1-3H3/t15-,16-,17-,18-/m1/s1. The largest absolute Gasteiger partial charge is 0.389 e. The van der Waals surface area contributed by atoms with Crippen LogP contribution >= 0.6 is 0 Å². The van der Waals surface area contributed by atoms with Gasteiger partial charge in [0.2, 0.25) is 0 Å². The molecule has 0 aromatic rings. The molecule has 1 aliphatic carbocycles. The summed E-state index contributed by atoms with van der Waals surface area (Å²) in [6, 6.07) is 0. The Balaban J connectivity index is 1.73. The molecule has 2 aliphatic rings. The average Bonchev–Trinajstić information content (AvgIpc) is 2.46.